The molecule has 0 aliphatic carbocycles. The van der Waals surface area contributed by atoms with Gasteiger partial charge in [0.1, 0.15) is 0 Å². The second-order valence-electron chi connectivity index (χ2n) is 12.6. The van der Waals surface area contributed by atoms with Crippen molar-refractivity contribution in [3.63, 3.8) is 0 Å². The zero-order valence-corrected chi connectivity index (χ0v) is 27.0. The maximum Gasteiger partial charge on any atom is 0.0467 e. The molecule has 0 amide bonds. The van der Waals surface area contributed by atoms with E-state index in [4.69, 9.17) is 0 Å². The van der Waals surface area contributed by atoms with Crippen LogP contribution in [-0.4, -0.2) is 0 Å². The maximum absolute atomic E-state index is 2.38. The fourth-order valence-corrected chi connectivity index (χ4v) is 7.28. The second kappa shape index (κ2) is 12.3. The average Bonchev–Trinajstić information content (AvgIpc) is 3.18. The molecule has 0 radical (unpaired) electrons. The highest BCUT2D eigenvalue weighted by Crippen LogP contribution is 2.41. The highest BCUT2D eigenvalue weighted by molar-refractivity contribution is 6.14. The van der Waals surface area contributed by atoms with Gasteiger partial charge in [-0.3, -0.25) is 0 Å². The van der Waals surface area contributed by atoms with Crippen molar-refractivity contribution in [2.24, 2.45) is 0 Å². The van der Waals surface area contributed by atoms with Gasteiger partial charge in [-0.2, -0.15) is 0 Å². The molecule has 1 heteroatoms. The monoisotopic (exact) mass is 623 g/mol. The predicted molar refractivity (Wildman–Crippen MR) is 210 cm³/mol. The summed E-state index contributed by atoms with van der Waals surface area (Å²) in [6.07, 6.45) is 0. The van der Waals surface area contributed by atoms with E-state index in [1.165, 1.54) is 65.7 Å². The second-order valence-corrected chi connectivity index (χ2v) is 12.6. The minimum atomic E-state index is 1.11. The van der Waals surface area contributed by atoms with Crippen molar-refractivity contribution in [3.05, 3.63) is 200 Å². The van der Waals surface area contributed by atoms with Crippen molar-refractivity contribution < 1.29 is 0 Å². The first-order valence-corrected chi connectivity index (χ1v) is 16.8. The van der Waals surface area contributed by atoms with Gasteiger partial charge in [0.2, 0.25) is 0 Å². The lowest BCUT2D eigenvalue weighted by molar-refractivity contribution is 1.28. The molecule has 9 aromatic carbocycles. The van der Waals surface area contributed by atoms with Crippen LogP contribution in [0.1, 0.15) is 0 Å². The summed E-state index contributed by atoms with van der Waals surface area (Å²) in [5, 5.41) is 7.58. The Morgan fingerprint density at radius 1 is 0.245 bits per heavy atom. The largest absolute Gasteiger partial charge is 0.310 e. The summed E-state index contributed by atoms with van der Waals surface area (Å²) in [6, 6.07) is 72.5. The number of hydrogen-bond acceptors (Lipinski definition) is 1. The fraction of sp³-hybridized carbons (Fsp3) is 0. The van der Waals surface area contributed by atoms with E-state index in [0.29, 0.717) is 0 Å². The SMILES string of the molecule is c1ccc(-c2cccc(N(c3ccc(-c4cccc5ccccc45)cc3)c3cccc(-c4cc5ccccc5c5ccccc45)c3)c2)cc1. The standard InChI is InChI=1S/C48H33N/c1-2-13-34(14-3-1)37-18-10-20-41(31-37)49(40-29-27-36(28-30-40)44-26-12-17-35-15-4-6-22-43(35)44)42-21-11-19-38(32-42)48-33-39-16-5-7-23-45(39)46-24-8-9-25-47(46)48/h1-33H. The third kappa shape index (κ3) is 5.32. The Kier molecular flexibility index (Phi) is 7.22. The third-order valence-corrected chi connectivity index (χ3v) is 9.62. The van der Waals surface area contributed by atoms with Gasteiger partial charge in [-0.1, -0.05) is 158 Å². The van der Waals surface area contributed by atoms with Gasteiger partial charge in [0.15, 0.2) is 0 Å². The van der Waals surface area contributed by atoms with Crippen LogP contribution in [0.25, 0.3) is 65.7 Å². The molecule has 0 bridgehead atoms. The summed E-state index contributed by atoms with van der Waals surface area (Å²) in [5.74, 6) is 0. The highest BCUT2D eigenvalue weighted by atomic mass is 15.1. The van der Waals surface area contributed by atoms with Gasteiger partial charge in [0, 0.05) is 17.1 Å². The fourth-order valence-electron chi connectivity index (χ4n) is 7.28. The normalized spacial score (nSPS) is 11.3. The Morgan fingerprint density at radius 2 is 0.796 bits per heavy atom. The van der Waals surface area contributed by atoms with Crippen LogP contribution in [-0.2, 0) is 0 Å². The van der Waals surface area contributed by atoms with E-state index in [9.17, 15) is 0 Å². The topological polar surface area (TPSA) is 3.24 Å². The highest BCUT2D eigenvalue weighted by Gasteiger charge is 2.16. The van der Waals surface area contributed by atoms with E-state index in [1.807, 2.05) is 0 Å². The van der Waals surface area contributed by atoms with Gasteiger partial charge < -0.3 is 4.90 Å². The number of nitrogens with zero attached hydrogens (tertiary/aromatic N) is 1. The summed E-state index contributed by atoms with van der Waals surface area (Å²) >= 11 is 0. The molecule has 49 heavy (non-hydrogen) atoms. The molecule has 0 aromatic heterocycles. The first-order chi connectivity index (χ1) is 24.3. The number of hydrogen-bond donors (Lipinski definition) is 0. The molecule has 0 fully saturated rings. The van der Waals surface area contributed by atoms with Crippen LogP contribution < -0.4 is 4.90 Å². The molecule has 0 heterocycles. The third-order valence-electron chi connectivity index (χ3n) is 9.62. The maximum atomic E-state index is 2.38. The number of fused-ring (bicyclic) bond motifs is 4. The summed E-state index contributed by atoms with van der Waals surface area (Å²) < 4.78 is 0. The van der Waals surface area contributed by atoms with Crippen molar-refractivity contribution in [1.29, 1.82) is 0 Å². The van der Waals surface area contributed by atoms with Gasteiger partial charge in [-0.05, 0) is 108 Å². The van der Waals surface area contributed by atoms with Crippen LogP contribution >= 0.6 is 0 Å². The first-order valence-electron chi connectivity index (χ1n) is 16.8. The average molecular weight is 624 g/mol. The Hall–Kier alpha value is -6.44. The molecule has 0 atom stereocenters. The van der Waals surface area contributed by atoms with Gasteiger partial charge in [-0.25, -0.2) is 0 Å². The zero-order chi connectivity index (χ0) is 32.6. The van der Waals surface area contributed by atoms with Gasteiger partial charge in [0.25, 0.3) is 0 Å². The molecule has 1 nitrogen and oxygen atoms in total. The number of benzene rings is 9. The molecule has 0 unspecified atom stereocenters. The summed E-state index contributed by atoms with van der Waals surface area (Å²) in [7, 11) is 0. The summed E-state index contributed by atoms with van der Waals surface area (Å²) in [5.41, 5.74) is 10.6. The quantitative estimate of drug-likeness (QED) is 0.167. The van der Waals surface area contributed by atoms with Crippen molar-refractivity contribution in [2.75, 3.05) is 4.90 Å². The number of rotatable bonds is 6. The van der Waals surface area contributed by atoms with Crippen LogP contribution in [0.3, 0.4) is 0 Å². The lowest BCUT2D eigenvalue weighted by atomic mass is 9.93. The molecule has 0 aliphatic rings. The minimum Gasteiger partial charge on any atom is -0.310 e. The molecule has 0 spiro atoms. The van der Waals surface area contributed by atoms with E-state index in [2.05, 4.69) is 205 Å². The Labute approximate surface area is 287 Å². The predicted octanol–water partition coefficient (Wildman–Crippen LogP) is 13.6. The summed E-state index contributed by atoms with van der Waals surface area (Å²) in [4.78, 5) is 2.38. The first kappa shape index (κ1) is 28.8. The Balaban J connectivity index is 1.20. The van der Waals surface area contributed by atoms with Crippen LogP contribution in [0.2, 0.25) is 0 Å². The molecule has 230 valence electrons. The Bertz CT molecular complexity index is 2590. The van der Waals surface area contributed by atoms with Crippen molar-refractivity contribution in [1.82, 2.24) is 0 Å². The molecule has 9 rings (SSSR count). The van der Waals surface area contributed by atoms with Crippen LogP contribution in [0, 0.1) is 0 Å². The van der Waals surface area contributed by atoms with Crippen molar-refractivity contribution in [2.45, 2.75) is 0 Å². The smallest absolute Gasteiger partial charge is 0.0467 e. The summed E-state index contributed by atoms with van der Waals surface area (Å²) in [6.45, 7) is 0. The van der Waals surface area contributed by atoms with Crippen LogP contribution in [0.5, 0.6) is 0 Å². The van der Waals surface area contributed by atoms with E-state index in [0.717, 1.165) is 17.1 Å². The zero-order valence-electron chi connectivity index (χ0n) is 27.0. The lowest BCUT2D eigenvalue weighted by Gasteiger charge is -2.27. The molecule has 9 aromatic rings. The molecule has 0 aliphatic heterocycles. The van der Waals surface area contributed by atoms with E-state index in [-0.39, 0.29) is 0 Å². The molecule has 0 saturated carbocycles. The van der Waals surface area contributed by atoms with Gasteiger partial charge >= 0.3 is 0 Å². The van der Waals surface area contributed by atoms with Gasteiger partial charge in [0.05, 0.1) is 0 Å². The van der Waals surface area contributed by atoms with Crippen LogP contribution in [0.4, 0.5) is 17.1 Å². The van der Waals surface area contributed by atoms with E-state index < -0.39 is 0 Å². The van der Waals surface area contributed by atoms with E-state index >= 15 is 0 Å². The minimum absolute atomic E-state index is 1.11. The Morgan fingerprint density at radius 3 is 1.57 bits per heavy atom. The molecular formula is C48H33N. The number of anilines is 3. The van der Waals surface area contributed by atoms with Crippen molar-refractivity contribution in [3.8, 4) is 33.4 Å². The molecule has 0 N–H and O–H groups in total. The molecule has 0 saturated heterocycles. The lowest BCUT2D eigenvalue weighted by Crippen LogP contribution is -2.10. The van der Waals surface area contributed by atoms with Crippen molar-refractivity contribution >= 4 is 49.4 Å². The molecular weight excluding hydrogens is 591 g/mol. The van der Waals surface area contributed by atoms with E-state index in [1.54, 1.807) is 0 Å². The van der Waals surface area contributed by atoms with Crippen LogP contribution in [0.15, 0.2) is 200 Å². The van der Waals surface area contributed by atoms with Gasteiger partial charge in [-0.15, -0.1) is 0 Å².